The maximum atomic E-state index is 11.7. The number of thioether (sulfide) groups is 2. The first-order chi connectivity index (χ1) is 6.85. The van der Waals surface area contributed by atoms with Crippen molar-refractivity contribution in [3.8, 4) is 0 Å². The van der Waals surface area contributed by atoms with Crippen LogP contribution in [0.5, 0.6) is 0 Å². The monoisotopic (exact) mass is 262 g/mol. The summed E-state index contributed by atoms with van der Waals surface area (Å²) < 4.78 is 39.6. The molecule has 2 nitrogen and oxygen atoms in total. The second kappa shape index (κ2) is 7.27. The Morgan fingerprint density at radius 1 is 1.40 bits per heavy atom. The molecule has 0 aromatic heterocycles. The van der Waals surface area contributed by atoms with Crippen molar-refractivity contribution in [1.29, 1.82) is 0 Å². The molecule has 90 valence electrons. The maximum absolute atomic E-state index is 11.7. The van der Waals surface area contributed by atoms with Crippen molar-refractivity contribution in [2.45, 2.75) is 24.1 Å². The zero-order valence-corrected chi connectivity index (χ0v) is 10.1. The van der Waals surface area contributed by atoms with Crippen molar-refractivity contribution in [3.05, 3.63) is 0 Å². The van der Waals surface area contributed by atoms with Gasteiger partial charge in [0.1, 0.15) is 0 Å². The van der Waals surface area contributed by atoms with Crippen LogP contribution in [0.25, 0.3) is 0 Å². The van der Waals surface area contributed by atoms with Crippen LogP contribution in [0.15, 0.2) is 0 Å². The highest BCUT2D eigenvalue weighted by Crippen LogP contribution is 2.31. The van der Waals surface area contributed by atoms with E-state index in [-0.39, 0.29) is 35.2 Å². The molecule has 0 radical (unpaired) electrons. The summed E-state index contributed by atoms with van der Waals surface area (Å²) in [5.41, 5.74) is -4.16. The van der Waals surface area contributed by atoms with Crippen molar-refractivity contribution in [2.75, 3.05) is 18.6 Å². The molecule has 0 amide bonds. The number of carbonyl (C=O) groups is 1. The van der Waals surface area contributed by atoms with Gasteiger partial charge in [0.05, 0.1) is 13.5 Å². The maximum Gasteiger partial charge on any atom is 0.441 e. The Morgan fingerprint density at radius 2 is 2.00 bits per heavy atom. The zero-order valence-electron chi connectivity index (χ0n) is 8.47. The van der Waals surface area contributed by atoms with Crippen LogP contribution in [0.3, 0.4) is 0 Å². The van der Waals surface area contributed by atoms with E-state index in [9.17, 15) is 18.0 Å². The van der Waals surface area contributed by atoms with E-state index in [0.29, 0.717) is 5.75 Å². The first-order valence-corrected chi connectivity index (χ1v) is 6.27. The minimum atomic E-state index is -4.16. The summed E-state index contributed by atoms with van der Waals surface area (Å²) in [6, 6.07) is 0. The van der Waals surface area contributed by atoms with Crippen LogP contribution in [0.2, 0.25) is 0 Å². The topological polar surface area (TPSA) is 26.3 Å². The Labute approximate surface area is 95.3 Å². The molecule has 15 heavy (non-hydrogen) atoms. The number of rotatable bonds is 6. The molecule has 0 fully saturated rings. The highest BCUT2D eigenvalue weighted by atomic mass is 32.2. The minimum absolute atomic E-state index is 0.00807. The summed E-state index contributed by atoms with van der Waals surface area (Å²) in [7, 11) is 1.29. The second-order valence-corrected chi connectivity index (χ2v) is 5.46. The minimum Gasteiger partial charge on any atom is -0.469 e. The van der Waals surface area contributed by atoms with E-state index in [2.05, 4.69) is 4.74 Å². The van der Waals surface area contributed by atoms with Crippen molar-refractivity contribution >= 4 is 29.5 Å². The van der Waals surface area contributed by atoms with E-state index in [1.807, 2.05) is 0 Å². The van der Waals surface area contributed by atoms with Gasteiger partial charge in [-0.2, -0.15) is 24.9 Å². The Hall–Kier alpha value is -0.0400. The Morgan fingerprint density at radius 3 is 2.47 bits per heavy atom. The quantitative estimate of drug-likeness (QED) is 0.543. The molecule has 0 aliphatic heterocycles. The third-order valence-corrected chi connectivity index (χ3v) is 3.60. The fourth-order valence-corrected chi connectivity index (χ4v) is 2.39. The van der Waals surface area contributed by atoms with Crippen LogP contribution in [-0.4, -0.2) is 35.3 Å². The Kier molecular flexibility index (Phi) is 7.25. The lowest BCUT2D eigenvalue weighted by molar-refractivity contribution is -0.140. The summed E-state index contributed by atoms with van der Waals surface area (Å²) in [6.07, 6.45) is 0.234. The number of ether oxygens (including phenoxy) is 1. The molecule has 0 aliphatic rings. The Bertz CT molecular complexity index is 197. The molecular weight excluding hydrogens is 249 g/mol. The predicted octanol–water partition coefficient (Wildman–Crippen LogP) is 2.92. The van der Waals surface area contributed by atoms with Gasteiger partial charge in [-0.15, -0.1) is 0 Å². The highest BCUT2D eigenvalue weighted by Gasteiger charge is 2.27. The predicted molar refractivity (Wildman–Crippen MR) is 57.1 cm³/mol. The number of halogens is 3. The van der Waals surface area contributed by atoms with Crippen LogP contribution in [0.4, 0.5) is 13.2 Å². The number of alkyl halides is 3. The summed E-state index contributed by atoms with van der Waals surface area (Å²) >= 11 is 1.30. The third kappa shape index (κ3) is 10.2. The summed E-state index contributed by atoms with van der Waals surface area (Å²) in [6.45, 7) is 1.79. The molecule has 0 saturated carbocycles. The van der Waals surface area contributed by atoms with Crippen molar-refractivity contribution in [3.63, 3.8) is 0 Å². The molecule has 0 heterocycles. The SMILES string of the molecule is COC(=O)CC(C)SCCSC(F)(F)F. The average Bonchev–Trinajstić information content (AvgIpc) is 2.11. The van der Waals surface area contributed by atoms with Gasteiger partial charge in [0.15, 0.2) is 0 Å². The zero-order chi connectivity index (χ0) is 11.9. The van der Waals surface area contributed by atoms with Gasteiger partial charge in [-0.25, -0.2) is 0 Å². The van der Waals surface area contributed by atoms with Crippen LogP contribution >= 0.6 is 23.5 Å². The van der Waals surface area contributed by atoms with Gasteiger partial charge in [0.2, 0.25) is 0 Å². The van der Waals surface area contributed by atoms with Crippen molar-refractivity contribution < 1.29 is 22.7 Å². The van der Waals surface area contributed by atoms with Crippen LogP contribution in [-0.2, 0) is 9.53 Å². The van der Waals surface area contributed by atoms with Crippen LogP contribution < -0.4 is 0 Å². The molecule has 0 bridgehead atoms. The smallest absolute Gasteiger partial charge is 0.441 e. The van der Waals surface area contributed by atoms with Crippen molar-refractivity contribution in [1.82, 2.24) is 0 Å². The molecule has 0 aromatic carbocycles. The van der Waals surface area contributed by atoms with E-state index >= 15 is 0 Å². The van der Waals surface area contributed by atoms with Gasteiger partial charge in [-0.3, -0.25) is 4.79 Å². The normalized spacial score (nSPS) is 13.7. The molecule has 1 atom stereocenters. The van der Waals surface area contributed by atoms with E-state index in [0.717, 1.165) is 0 Å². The number of esters is 1. The summed E-state index contributed by atoms with van der Waals surface area (Å²) in [5, 5.41) is -0.00807. The average molecular weight is 262 g/mol. The first kappa shape index (κ1) is 15.0. The Balaban J connectivity index is 3.47. The molecule has 7 heteroatoms. The van der Waals surface area contributed by atoms with Crippen LogP contribution in [0.1, 0.15) is 13.3 Å². The van der Waals surface area contributed by atoms with Crippen LogP contribution in [0, 0.1) is 0 Å². The fraction of sp³-hybridized carbons (Fsp3) is 0.875. The number of methoxy groups -OCH3 is 1. The van der Waals surface area contributed by atoms with E-state index < -0.39 is 5.51 Å². The van der Waals surface area contributed by atoms with Gasteiger partial charge in [0, 0.05) is 16.8 Å². The lowest BCUT2D eigenvalue weighted by Crippen LogP contribution is -2.10. The van der Waals surface area contributed by atoms with Gasteiger partial charge < -0.3 is 4.74 Å². The molecule has 0 aliphatic carbocycles. The fourth-order valence-electron chi connectivity index (χ4n) is 0.784. The molecule has 0 aromatic rings. The third-order valence-electron chi connectivity index (χ3n) is 1.43. The van der Waals surface area contributed by atoms with E-state index in [1.54, 1.807) is 6.92 Å². The molecule has 0 rings (SSSR count). The highest BCUT2D eigenvalue weighted by molar-refractivity contribution is 8.03. The lowest BCUT2D eigenvalue weighted by atomic mass is 10.3. The molecule has 0 N–H and O–H groups in total. The van der Waals surface area contributed by atoms with E-state index in [1.165, 1.54) is 18.9 Å². The lowest BCUT2D eigenvalue weighted by Gasteiger charge is -2.10. The number of carbonyl (C=O) groups excluding carboxylic acids is 1. The van der Waals surface area contributed by atoms with Gasteiger partial charge in [-0.05, 0) is 0 Å². The van der Waals surface area contributed by atoms with E-state index in [4.69, 9.17) is 0 Å². The molecule has 0 spiro atoms. The molecular formula is C8H13F3O2S2. The van der Waals surface area contributed by atoms with Gasteiger partial charge >= 0.3 is 11.5 Å². The number of hydrogen-bond donors (Lipinski definition) is 0. The molecule has 1 unspecified atom stereocenters. The summed E-state index contributed by atoms with van der Waals surface area (Å²) in [5.74, 6) is 0.0561. The standard InChI is InChI=1S/C8H13F3O2S2/c1-6(5-7(12)13-2)14-3-4-15-8(9,10)11/h6H,3-5H2,1-2H3. The van der Waals surface area contributed by atoms with Crippen molar-refractivity contribution in [2.24, 2.45) is 0 Å². The number of hydrogen-bond acceptors (Lipinski definition) is 4. The summed E-state index contributed by atoms with van der Waals surface area (Å²) in [4.78, 5) is 10.8. The molecule has 0 saturated heterocycles. The van der Waals surface area contributed by atoms with Gasteiger partial charge in [-0.1, -0.05) is 18.7 Å². The second-order valence-electron chi connectivity index (χ2n) is 2.76. The first-order valence-electron chi connectivity index (χ1n) is 4.24. The van der Waals surface area contributed by atoms with Gasteiger partial charge in [0.25, 0.3) is 0 Å². The largest absolute Gasteiger partial charge is 0.469 e.